The average molecular weight is 949 g/mol. The van der Waals surface area contributed by atoms with Crippen molar-refractivity contribution in [3.8, 4) is 0 Å². The molecule has 9 nitrogen and oxygen atoms in total. The Kier molecular flexibility index (Phi) is 8.72. The monoisotopic (exact) mass is 948 g/mol. The Morgan fingerprint density at radius 3 is 0.767 bits per heavy atom. The second-order valence-electron chi connectivity index (χ2n) is 19.4. The van der Waals surface area contributed by atoms with Gasteiger partial charge in [-0.15, -0.1) is 0 Å². The third-order valence-electron chi connectivity index (χ3n) is 14.6. The molecule has 9 heteroatoms. The molecule has 0 unspecified atom stereocenters. The minimum atomic E-state index is 0.778. The van der Waals surface area contributed by atoms with Gasteiger partial charge in [-0.1, -0.05) is 36.4 Å². The van der Waals surface area contributed by atoms with E-state index in [1.54, 1.807) is 0 Å². The van der Waals surface area contributed by atoms with E-state index in [2.05, 4.69) is 206 Å². The molecule has 350 valence electrons. The van der Waals surface area contributed by atoms with Crippen LogP contribution in [0.3, 0.4) is 0 Å². The molecule has 0 N–H and O–H groups in total. The number of furan rings is 5. The van der Waals surface area contributed by atoms with Gasteiger partial charge in [0.15, 0.2) is 0 Å². The first kappa shape index (κ1) is 41.2. The van der Waals surface area contributed by atoms with Gasteiger partial charge in [0.25, 0.3) is 0 Å². The second kappa shape index (κ2) is 15.4. The van der Waals surface area contributed by atoms with Crippen LogP contribution < -0.4 is 19.6 Å². The van der Waals surface area contributed by atoms with Crippen LogP contribution in [0, 0.1) is 0 Å². The summed E-state index contributed by atoms with van der Waals surface area (Å²) >= 11 is 0. The number of hydrogen-bond donors (Lipinski definition) is 0. The number of benzene rings is 10. The van der Waals surface area contributed by atoms with E-state index >= 15 is 0 Å². The van der Waals surface area contributed by atoms with Gasteiger partial charge in [0.05, 0.1) is 0 Å². The molecule has 0 saturated carbocycles. The fourth-order valence-corrected chi connectivity index (χ4v) is 11.0. The van der Waals surface area contributed by atoms with Crippen molar-refractivity contribution >= 4 is 155 Å². The van der Waals surface area contributed by atoms with Gasteiger partial charge in [-0.3, -0.25) is 0 Å². The van der Waals surface area contributed by atoms with E-state index in [-0.39, 0.29) is 0 Å². The van der Waals surface area contributed by atoms with E-state index in [4.69, 9.17) is 22.1 Å². The molecule has 5 aromatic heterocycles. The first-order chi connectivity index (χ1) is 35.8. The fourth-order valence-electron chi connectivity index (χ4n) is 11.0. The van der Waals surface area contributed by atoms with Crippen LogP contribution in [-0.4, -0.2) is 28.2 Å². The van der Waals surface area contributed by atoms with Gasteiger partial charge < -0.3 is 41.7 Å². The maximum Gasteiger partial charge on any atom is 0.137 e. The summed E-state index contributed by atoms with van der Waals surface area (Å²) in [5.74, 6) is 0. The van der Waals surface area contributed by atoms with E-state index in [0.29, 0.717) is 0 Å². The lowest BCUT2D eigenvalue weighted by molar-refractivity contribution is 0.662. The van der Waals surface area contributed by atoms with Gasteiger partial charge in [0.1, 0.15) is 55.8 Å². The number of hydrogen-bond acceptors (Lipinski definition) is 9. The van der Waals surface area contributed by atoms with Crippen molar-refractivity contribution in [3.63, 3.8) is 0 Å². The summed E-state index contributed by atoms with van der Waals surface area (Å²) in [5, 5.41) is 10.3. The molecule has 0 spiro atoms. The standard InChI is InChI=1S/C64H44N4O5/c1-65(2)37-13-17-39(18-14-37)67(41-21-25-47-45-9-5-7-11-55(45)69-57(47)29-41)43-23-27-49-51-33-63-53(35-61(51)71-59(49)31-43)54-36-62-52(34-64(54)73-63)50-28-24-44(32-60(50)72-62)68(40-19-15-38(16-20-40)66(3)4)42-22-26-48-46-10-6-8-12-56(46)70-58(48)30-42/h5-36H,1-4H3. The van der Waals surface area contributed by atoms with E-state index < -0.39 is 0 Å². The SMILES string of the molecule is CN(C)c1ccc(N(c2ccc3c(c2)oc2ccccc23)c2ccc3c(c2)oc2cc4c(cc23)oc2cc3c(cc24)oc2cc(N(c4ccc(N(C)C)cc4)c4ccc5c(c4)oc4ccccc45)ccc23)cc1. The quantitative estimate of drug-likeness (QED) is 0.148. The van der Waals surface area contributed by atoms with Gasteiger partial charge >= 0.3 is 0 Å². The van der Waals surface area contributed by atoms with E-state index in [0.717, 1.165) is 155 Å². The maximum atomic E-state index is 6.77. The summed E-state index contributed by atoms with van der Waals surface area (Å²) < 4.78 is 33.0. The van der Waals surface area contributed by atoms with Crippen LogP contribution in [0.4, 0.5) is 45.5 Å². The van der Waals surface area contributed by atoms with Crippen molar-refractivity contribution in [3.05, 3.63) is 194 Å². The van der Waals surface area contributed by atoms with Gasteiger partial charge in [0, 0.05) is 152 Å². The molecular weight excluding hydrogens is 905 g/mol. The summed E-state index contributed by atoms with van der Waals surface area (Å²) in [4.78, 5) is 8.72. The molecule has 15 aromatic rings. The molecule has 0 amide bonds. The lowest BCUT2D eigenvalue weighted by Crippen LogP contribution is -2.11. The van der Waals surface area contributed by atoms with Crippen molar-refractivity contribution < 1.29 is 22.1 Å². The zero-order valence-corrected chi connectivity index (χ0v) is 40.3. The summed E-state index contributed by atoms with van der Waals surface area (Å²) in [6.45, 7) is 0. The lowest BCUT2D eigenvalue weighted by Gasteiger charge is -2.26. The number of anilines is 8. The van der Waals surface area contributed by atoms with Crippen LogP contribution in [0.25, 0.3) is 110 Å². The third kappa shape index (κ3) is 6.41. The third-order valence-corrected chi connectivity index (χ3v) is 14.6. The van der Waals surface area contributed by atoms with Crippen molar-refractivity contribution in [2.75, 3.05) is 47.8 Å². The molecule has 5 heterocycles. The zero-order chi connectivity index (χ0) is 48.6. The molecule has 0 saturated heterocycles. The molecule has 0 aliphatic carbocycles. The van der Waals surface area contributed by atoms with Crippen molar-refractivity contribution in [2.24, 2.45) is 0 Å². The van der Waals surface area contributed by atoms with Gasteiger partial charge in [-0.25, -0.2) is 0 Å². The molecule has 0 radical (unpaired) electrons. The molecule has 15 rings (SSSR count). The number of fused-ring (bicyclic) bond motifs is 15. The Balaban J connectivity index is 0.820. The molecule has 0 aliphatic heterocycles. The number of nitrogens with zero attached hydrogens (tertiary/aromatic N) is 4. The van der Waals surface area contributed by atoms with Gasteiger partial charge in [0.2, 0.25) is 0 Å². The Bertz CT molecular complexity index is 4410. The predicted octanol–water partition coefficient (Wildman–Crippen LogP) is 18.3. The van der Waals surface area contributed by atoms with Crippen LogP contribution in [0.15, 0.2) is 216 Å². The number of para-hydroxylation sites is 2. The van der Waals surface area contributed by atoms with Crippen LogP contribution in [0.2, 0.25) is 0 Å². The number of rotatable bonds is 8. The van der Waals surface area contributed by atoms with Crippen molar-refractivity contribution in [2.45, 2.75) is 0 Å². The van der Waals surface area contributed by atoms with E-state index in [9.17, 15) is 0 Å². The minimum absolute atomic E-state index is 0.778. The summed E-state index contributed by atoms with van der Waals surface area (Å²) in [6, 6.07) is 67.7. The maximum absolute atomic E-state index is 6.77. The smallest absolute Gasteiger partial charge is 0.137 e. The van der Waals surface area contributed by atoms with Gasteiger partial charge in [-0.2, -0.15) is 0 Å². The lowest BCUT2D eigenvalue weighted by atomic mass is 10.1. The summed E-state index contributed by atoms with van der Waals surface area (Å²) in [6.07, 6.45) is 0. The highest BCUT2D eigenvalue weighted by Crippen LogP contribution is 2.46. The second-order valence-corrected chi connectivity index (χ2v) is 19.4. The highest BCUT2D eigenvalue weighted by Gasteiger charge is 2.22. The average Bonchev–Trinajstić information content (AvgIpc) is 4.24. The molecule has 0 aliphatic rings. The minimum Gasteiger partial charge on any atom is -0.456 e. The van der Waals surface area contributed by atoms with E-state index in [1.807, 2.05) is 36.4 Å². The zero-order valence-electron chi connectivity index (χ0n) is 40.3. The molecule has 0 bridgehead atoms. The Labute approximate surface area is 417 Å². The highest BCUT2D eigenvalue weighted by molar-refractivity contribution is 6.19. The van der Waals surface area contributed by atoms with Crippen molar-refractivity contribution in [1.29, 1.82) is 0 Å². The molecule has 10 aromatic carbocycles. The topological polar surface area (TPSA) is 78.7 Å². The highest BCUT2D eigenvalue weighted by atomic mass is 16.3. The van der Waals surface area contributed by atoms with Crippen molar-refractivity contribution in [1.82, 2.24) is 0 Å². The van der Waals surface area contributed by atoms with Gasteiger partial charge in [-0.05, 0) is 133 Å². The molecule has 0 atom stereocenters. The molecule has 73 heavy (non-hydrogen) atoms. The summed E-state index contributed by atoms with van der Waals surface area (Å²) in [5.41, 5.74) is 16.2. The van der Waals surface area contributed by atoms with Crippen LogP contribution in [0.1, 0.15) is 0 Å². The normalized spacial score (nSPS) is 12.1. The van der Waals surface area contributed by atoms with Crippen LogP contribution >= 0.6 is 0 Å². The first-order valence-corrected chi connectivity index (χ1v) is 24.4. The fraction of sp³-hybridized carbons (Fsp3) is 0.0625. The molecule has 0 fully saturated rings. The Hall–Kier alpha value is -9.60. The summed E-state index contributed by atoms with van der Waals surface area (Å²) in [7, 11) is 8.22. The van der Waals surface area contributed by atoms with Crippen LogP contribution in [-0.2, 0) is 0 Å². The largest absolute Gasteiger partial charge is 0.456 e. The van der Waals surface area contributed by atoms with E-state index in [1.165, 1.54) is 0 Å². The molecular formula is C64H44N4O5. The Morgan fingerprint density at radius 1 is 0.205 bits per heavy atom. The van der Waals surface area contributed by atoms with Crippen LogP contribution in [0.5, 0.6) is 0 Å². The predicted molar refractivity (Wildman–Crippen MR) is 301 cm³/mol. The Morgan fingerprint density at radius 2 is 0.438 bits per heavy atom. The first-order valence-electron chi connectivity index (χ1n) is 24.4.